The van der Waals surface area contributed by atoms with Crippen molar-refractivity contribution in [2.24, 2.45) is 0 Å². The predicted molar refractivity (Wildman–Crippen MR) is 77.8 cm³/mol. The van der Waals surface area contributed by atoms with Crippen LogP contribution < -0.4 is 10.6 Å². The third-order valence-corrected chi connectivity index (χ3v) is 3.61. The molecule has 1 unspecified atom stereocenters. The molecule has 2 rings (SSSR count). The van der Waals surface area contributed by atoms with E-state index in [1.54, 1.807) is 0 Å². The molecule has 1 fully saturated rings. The SMILES string of the molecule is CCNC(=O)C1CNCCN1C(=O)c1ccc(F)c(Cl)c1. The number of amides is 2. The number of nitrogens with zero attached hydrogens (tertiary/aromatic N) is 1. The summed E-state index contributed by atoms with van der Waals surface area (Å²) in [4.78, 5) is 26.0. The van der Waals surface area contributed by atoms with Crippen LogP contribution in [0.3, 0.4) is 0 Å². The van der Waals surface area contributed by atoms with Gasteiger partial charge in [-0.25, -0.2) is 4.39 Å². The second-order valence-electron chi connectivity index (χ2n) is 4.74. The normalized spacial score (nSPS) is 18.4. The minimum atomic E-state index is -0.575. The van der Waals surface area contributed by atoms with Gasteiger partial charge in [-0.3, -0.25) is 9.59 Å². The van der Waals surface area contributed by atoms with E-state index in [0.29, 0.717) is 26.2 Å². The van der Waals surface area contributed by atoms with E-state index in [1.807, 2.05) is 6.92 Å². The van der Waals surface area contributed by atoms with E-state index in [0.717, 1.165) is 6.07 Å². The molecule has 0 spiro atoms. The number of benzene rings is 1. The highest BCUT2D eigenvalue weighted by atomic mass is 35.5. The summed E-state index contributed by atoms with van der Waals surface area (Å²) in [6, 6.07) is 3.24. The highest BCUT2D eigenvalue weighted by molar-refractivity contribution is 6.31. The van der Waals surface area contributed by atoms with Crippen LogP contribution in [0.5, 0.6) is 0 Å². The molecule has 2 N–H and O–H groups in total. The van der Waals surface area contributed by atoms with Crippen molar-refractivity contribution >= 4 is 23.4 Å². The maximum absolute atomic E-state index is 13.2. The van der Waals surface area contributed by atoms with Gasteiger partial charge in [0.1, 0.15) is 11.9 Å². The Hall–Kier alpha value is -1.66. The molecule has 114 valence electrons. The minimum Gasteiger partial charge on any atom is -0.355 e. The van der Waals surface area contributed by atoms with Crippen LogP contribution in [0.15, 0.2) is 18.2 Å². The molecule has 1 aliphatic rings. The Morgan fingerprint density at radius 3 is 2.95 bits per heavy atom. The standard InChI is InChI=1S/C14H17ClFN3O2/c1-2-18-13(20)12-8-17-5-6-19(12)14(21)9-3-4-11(16)10(15)7-9/h3-4,7,12,17H,2,5-6,8H2,1H3,(H,18,20). The molecule has 0 radical (unpaired) electrons. The number of hydrogen-bond donors (Lipinski definition) is 2. The van der Waals surface area contributed by atoms with Gasteiger partial charge in [-0.15, -0.1) is 0 Å². The van der Waals surface area contributed by atoms with Crippen molar-refractivity contribution in [1.29, 1.82) is 0 Å². The van der Waals surface area contributed by atoms with Gasteiger partial charge in [0, 0.05) is 31.7 Å². The Labute approximate surface area is 127 Å². The fourth-order valence-corrected chi connectivity index (χ4v) is 2.45. The maximum atomic E-state index is 13.2. The summed E-state index contributed by atoms with van der Waals surface area (Å²) in [6.45, 7) is 3.73. The fraction of sp³-hybridized carbons (Fsp3) is 0.429. The highest BCUT2D eigenvalue weighted by Gasteiger charge is 2.32. The number of carbonyl (C=O) groups excluding carboxylic acids is 2. The number of piperazine rings is 1. The average molecular weight is 314 g/mol. The summed E-state index contributed by atoms with van der Waals surface area (Å²) in [5.41, 5.74) is 0.276. The third kappa shape index (κ3) is 3.51. The van der Waals surface area contributed by atoms with Gasteiger partial charge in [0.05, 0.1) is 5.02 Å². The molecule has 5 nitrogen and oxygen atoms in total. The second kappa shape index (κ2) is 6.87. The average Bonchev–Trinajstić information content (AvgIpc) is 2.49. The molecule has 1 aromatic carbocycles. The summed E-state index contributed by atoms with van der Waals surface area (Å²) >= 11 is 5.71. The zero-order valence-corrected chi connectivity index (χ0v) is 12.4. The third-order valence-electron chi connectivity index (χ3n) is 3.32. The van der Waals surface area contributed by atoms with Crippen molar-refractivity contribution in [3.8, 4) is 0 Å². The van der Waals surface area contributed by atoms with Crippen LogP contribution in [0, 0.1) is 5.82 Å². The molecule has 1 aliphatic heterocycles. The number of halogens is 2. The number of carbonyl (C=O) groups is 2. The van der Waals surface area contributed by atoms with E-state index in [4.69, 9.17) is 11.6 Å². The quantitative estimate of drug-likeness (QED) is 0.876. The molecule has 2 amide bonds. The molecule has 21 heavy (non-hydrogen) atoms. The lowest BCUT2D eigenvalue weighted by atomic mass is 10.1. The Morgan fingerprint density at radius 2 is 2.29 bits per heavy atom. The molecule has 0 bridgehead atoms. The molecular weight excluding hydrogens is 297 g/mol. The number of hydrogen-bond acceptors (Lipinski definition) is 3. The first kappa shape index (κ1) is 15.7. The zero-order chi connectivity index (χ0) is 15.4. The minimum absolute atomic E-state index is 0.106. The zero-order valence-electron chi connectivity index (χ0n) is 11.7. The van der Waals surface area contributed by atoms with Crippen molar-refractivity contribution < 1.29 is 14.0 Å². The number of likely N-dealkylation sites (N-methyl/N-ethyl adjacent to an activating group) is 1. The predicted octanol–water partition coefficient (Wildman–Crippen LogP) is 1.03. The van der Waals surface area contributed by atoms with Gasteiger partial charge < -0.3 is 15.5 Å². The largest absolute Gasteiger partial charge is 0.355 e. The Bertz CT molecular complexity index is 553. The monoisotopic (exact) mass is 313 g/mol. The van der Waals surface area contributed by atoms with Crippen molar-refractivity contribution in [3.63, 3.8) is 0 Å². The lowest BCUT2D eigenvalue weighted by molar-refractivity contribution is -0.126. The van der Waals surface area contributed by atoms with E-state index >= 15 is 0 Å². The maximum Gasteiger partial charge on any atom is 0.254 e. The molecule has 0 saturated carbocycles. The molecule has 1 aromatic rings. The van der Waals surface area contributed by atoms with Crippen molar-refractivity contribution in [3.05, 3.63) is 34.6 Å². The summed E-state index contributed by atoms with van der Waals surface area (Å²) in [6.07, 6.45) is 0. The van der Waals surface area contributed by atoms with Gasteiger partial charge in [0.25, 0.3) is 5.91 Å². The topological polar surface area (TPSA) is 61.4 Å². The molecule has 0 aromatic heterocycles. The van der Waals surface area contributed by atoms with Gasteiger partial charge in [-0.1, -0.05) is 11.6 Å². The Kier molecular flexibility index (Phi) is 5.14. The first-order valence-electron chi connectivity index (χ1n) is 6.79. The van der Waals surface area contributed by atoms with E-state index in [9.17, 15) is 14.0 Å². The molecule has 1 heterocycles. The van der Waals surface area contributed by atoms with Crippen LogP contribution in [0.4, 0.5) is 4.39 Å². The van der Waals surface area contributed by atoms with Crippen LogP contribution in [0.25, 0.3) is 0 Å². The van der Waals surface area contributed by atoms with Crippen molar-refractivity contribution in [1.82, 2.24) is 15.5 Å². The Morgan fingerprint density at radius 1 is 1.52 bits per heavy atom. The summed E-state index contributed by atoms with van der Waals surface area (Å²) < 4.78 is 13.2. The van der Waals surface area contributed by atoms with Gasteiger partial charge in [0.15, 0.2) is 0 Å². The smallest absolute Gasteiger partial charge is 0.254 e. The van der Waals surface area contributed by atoms with Gasteiger partial charge in [0.2, 0.25) is 5.91 Å². The first-order valence-corrected chi connectivity index (χ1v) is 7.16. The number of rotatable bonds is 3. The van der Waals surface area contributed by atoms with Gasteiger partial charge >= 0.3 is 0 Å². The van der Waals surface area contributed by atoms with Crippen molar-refractivity contribution in [2.45, 2.75) is 13.0 Å². The molecule has 1 atom stereocenters. The van der Waals surface area contributed by atoms with Crippen LogP contribution in [0.1, 0.15) is 17.3 Å². The van der Waals surface area contributed by atoms with Crippen LogP contribution >= 0.6 is 11.6 Å². The van der Waals surface area contributed by atoms with Crippen LogP contribution in [0.2, 0.25) is 5.02 Å². The summed E-state index contributed by atoms with van der Waals surface area (Å²) in [5.74, 6) is -1.10. The van der Waals surface area contributed by atoms with E-state index in [2.05, 4.69) is 10.6 Å². The van der Waals surface area contributed by atoms with Crippen molar-refractivity contribution in [2.75, 3.05) is 26.2 Å². The number of nitrogens with one attached hydrogen (secondary N) is 2. The molecule has 7 heteroatoms. The lowest BCUT2D eigenvalue weighted by Crippen LogP contribution is -2.59. The van der Waals surface area contributed by atoms with Gasteiger partial charge in [-0.2, -0.15) is 0 Å². The molecule has 1 saturated heterocycles. The first-order chi connectivity index (χ1) is 10.0. The second-order valence-corrected chi connectivity index (χ2v) is 5.15. The molecular formula is C14H17ClFN3O2. The van der Waals surface area contributed by atoms with Crippen LogP contribution in [-0.2, 0) is 4.79 Å². The highest BCUT2D eigenvalue weighted by Crippen LogP contribution is 2.18. The van der Waals surface area contributed by atoms with Gasteiger partial charge in [-0.05, 0) is 25.1 Å². The summed E-state index contributed by atoms with van der Waals surface area (Å²) in [5, 5.41) is 5.70. The van der Waals surface area contributed by atoms with E-state index < -0.39 is 11.9 Å². The van der Waals surface area contributed by atoms with E-state index in [-0.39, 0.29) is 22.4 Å². The fourth-order valence-electron chi connectivity index (χ4n) is 2.27. The summed E-state index contributed by atoms with van der Waals surface area (Å²) in [7, 11) is 0. The molecule has 0 aliphatic carbocycles. The van der Waals surface area contributed by atoms with Crippen LogP contribution in [-0.4, -0.2) is 48.9 Å². The Balaban J connectivity index is 2.21. The lowest BCUT2D eigenvalue weighted by Gasteiger charge is -2.35. The van der Waals surface area contributed by atoms with E-state index in [1.165, 1.54) is 17.0 Å².